The van der Waals surface area contributed by atoms with Gasteiger partial charge in [-0.2, -0.15) is 0 Å². The van der Waals surface area contributed by atoms with E-state index in [1.165, 1.54) is 12.8 Å². The Balaban J connectivity index is 1.54. The van der Waals surface area contributed by atoms with Crippen molar-refractivity contribution in [2.24, 2.45) is 0 Å². The van der Waals surface area contributed by atoms with Gasteiger partial charge in [0.05, 0.1) is 17.0 Å². The van der Waals surface area contributed by atoms with Crippen molar-refractivity contribution in [2.75, 3.05) is 24.5 Å². The van der Waals surface area contributed by atoms with Crippen LogP contribution in [0.15, 0.2) is 36.9 Å². The molecule has 1 aliphatic rings. The van der Waals surface area contributed by atoms with Crippen molar-refractivity contribution in [3.05, 3.63) is 47.5 Å². The van der Waals surface area contributed by atoms with Gasteiger partial charge in [-0.3, -0.25) is 4.79 Å². The van der Waals surface area contributed by atoms with Gasteiger partial charge in [-0.15, -0.1) is 0 Å². The predicted molar refractivity (Wildman–Crippen MR) is 96.8 cm³/mol. The number of halogens is 1. The lowest BCUT2D eigenvalue weighted by Crippen LogP contribution is -2.26. The third-order valence-electron chi connectivity index (χ3n) is 4.54. The zero-order chi connectivity index (χ0) is 16.9. The van der Waals surface area contributed by atoms with E-state index in [4.69, 9.17) is 11.6 Å². The van der Waals surface area contributed by atoms with Crippen molar-refractivity contribution in [1.82, 2.24) is 14.9 Å². The first-order valence-electron chi connectivity index (χ1n) is 8.45. The molecular formula is C18H23ClN4O. The van der Waals surface area contributed by atoms with Crippen molar-refractivity contribution < 1.29 is 4.79 Å². The Hall–Kier alpha value is -2.01. The van der Waals surface area contributed by atoms with E-state index in [0.717, 1.165) is 25.2 Å². The SMILES string of the molecule is C[C@H](CCNC(=O)c1ccc(N2CCCC2)c(Cl)c1)n1ccnc1. The maximum absolute atomic E-state index is 12.3. The van der Waals surface area contributed by atoms with Crippen LogP contribution in [0.25, 0.3) is 0 Å². The highest BCUT2D eigenvalue weighted by molar-refractivity contribution is 6.33. The lowest BCUT2D eigenvalue weighted by molar-refractivity contribution is 0.0952. The molecule has 1 aromatic heterocycles. The van der Waals surface area contributed by atoms with E-state index in [1.54, 1.807) is 18.6 Å². The van der Waals surface area contributed by atoms with E-state index in [1.807, 2.05) is 22.9 Å². The van der Waals surface area contributed by atoms with Gasteiger partial charge in [0.25, 0.3) is 5.91 Å². The number of anilines is 1. The highest BCUT2D eigenvalue weighted by Crippen LogP contribution is 2.29. The van der Waals surface area contributed by atoms with Crippen molar-refractivity contribution in [3.63, 3.8) is 0 Å². The molecule has 2 aromatic rings. The zero-order valence-electron chi connectivity index (χ0n) is 13.9. The average Bonchev–Trinajstić information content (AvgIpc) is 3.28. The largest absolute Gasteiger partial charge is 0.370 e. The molecule has 0 saturated carbocycles. The van der Waals surface area contributed by atoms with Crippen LogP contribution in [0, 0.1) is 0 Å². The Morgan fingerprint density at radius 1 is 1.38 bits per heavy atom. The monoisotopic (exact) mass is 346 g/mol. The van der Waals surface area contributed by atoms with Crippen LogP contribution in [0.4, 0.5) is 5.69 Å². The molecule has 128 valence electrons. The molecule has 2 heterocycles. The summed E-state index contributed by atoms with van der Waals surface area (Å²) < 4.78 is 2.04. The molecule has 1 saturated heterocycles. The molecule has 0 bridgehead atoms. The summed E-state index contributed by atoms with van der Waals surface area (Å²) in [5.74, 6) is -0.0808. The lowest BCUT2D eigenvalue weighted by atomic mass is 10.1. The number of benzene rings is 1. The van der Waals surface area contributed by atoms with Gasteiger partial charge in [-0.05, 0) is 44.4 Å². The number of amides is 1. The minimum Gasteiger partial charge on any atom is -0.370 e. The van der Waals surface area contributed by atoms with Gasteiger partial charge in [-0.25, -0.2) is 4.98 Å². The number of nitrogens with zero attached hydrogens (tertiary/aromatic N) is 3. The minimum absolute atomic E-state index is 0.0808. The first-order valence-corrected chi connectivity index (χ1v) is 8.83. The molecule has 1 N–H and O–H groups in total. The van der Waals surface area contributed by atoms with E-state index in [9.17, 15) is 4.79 Å². The number of aromatic nitrogens is 2. The minimum atomic E-state index is -0.0808. The Morgan fingerprint density at radius 3 is 2.83 bits per heavy atom. The number of carbonyl (C=O) groups is 1. The van der Waals surface area contributed by atoms with E-state index >= 15 is 0 Å². The molecule has 0 aliphatic carbocycles. The summed E-state index contributed by atoms with van der Waals surface area (Å²) >= 11 is 6.37. The van der Waals surface area contributed by atoms with Gasteiger partial charge in [0.1, 0.15) is 0 Å². The van der Waals surface area contributed by atoms with E-state index in [2.05, 4.69) is 22.1 Å². The highest BCUT2D eigenvalue weighted by Gasteiger charge is 2.16. The van der Waals surface area contributed by atoms with E-state index in [0.29, 0.717) is 23.2 Å². The van der Waals surface area contributed by atoms with Crippen LogP contribution < -0.4 is 10.2 Å². The lowest BCUT2D eigenvalue weighted by Gasteiger charge is -2.19. The molecule has 1 fully saturated rings. The molecule has 6 heteroatoms. The van der Waals surface area contributed by atoms with Gasteiger partial charge in [0, 0.05) is 43.6 Å². The molecule has 1 amide bonds. The van der Waals surface area contributed by atoms with Crippen LogP contribution in [0.2, 0.25) is 5.02 Å². The molecule has 0 unspecified atom stereocenters. The number of hydrogen-bond acceptors (Lipinski definition) is 3. The third kappa shape index (κ3) is 3.90. The van der Waals surface area contributed by atoms with Crippen molar-refractivity contribution in [3.8, 4) is 0 Å². The third-order valence-corrected chi connectivity index (χ3v) is 4.84. The quantitative estimate of drug-likeness (QED) is 0.870. The van der Waals surface area contributed by atoms with Crippen LogP contribution in [0.5, 0.6) is 0 Å². The van der Waals surface area contributed by atoms with Crippen LogP contribution in [-0.4, -0.2) is 35.1 Å². The zero-order valence-corrected chi connectivity index (χ0v) is 14.7. The van der Waals surface area contributed by atoms with Crippen LogP contribution in [0.1, 0.15) is 42.6 Å². The fourth-order valence-electron chi connectivity index (χ4n) is 3.04. The average molecular weight is 347 g/mol. The Morgan fingerprint density at radius 2 is 2.17 bits per heavy atom. The number of carbonyl (C=O) groups excluding carboxylic acids is 1. The second-order valence-corrected chi connectivity index (χ2v) is 6.67. The molecule has 0 spiro atoms. The van der Waals surface area contributed by atoms with Gasteiger partial charge >= 0.3 is 0 Å². The summed E-state index contributed by atoms with van der Waals surface area (Å²) in [5, 5.41) is 3.61. The van der Waals surface area contributed by atoms with Gasteiger partial charge in [0.15, 0.2) is 0 Å². The Labute approximate surface area is 147 Å². The van der Waals surface area contributed by atoms with Crippen molar-refractivity contribution in [1.29, 1.82) is 0 Å². The molecule has 1 aromatic carbocycles. The van der Waals surface area contributed by atoms with Gasteiger partial charge in [-0.1, -0.05) is 11.6 Å². The van der Waals surface area contributed by atoms with Crippen molar-refractivity contribution >= 4 is 23.2 Å². The smallest absolute Gasteiger partial charge is 0.251 e. The number of rotatable bonds is 6. The number of hydrogen-bond donors (Lipinski definition) is 1. The molecular weight excluding hydrogens is 324 g/mol. The maximum atomic E-state index is 12.3. The predicted octanol–water partition coefficient (Wildman–Crippen LogP) is 3.52. The first-order chi connectivity index (χ1) is 11.6. The van der Waals surface area contributed by atoms with E-state index in [-0.39, 0.29) is 5.91 Å². The highest BCUT2D eigenvalue weighted by atomic mass is 35.5. The fraction of sp³-hybridized carbons (Fsp3) is 0.444. The summed E-state index contributed by atoms with van der Waals surface area (Å²) in [4.78, 5) is 18.6. The summed E-state index contributed by atoms with van der Waals surface area (Å²) in [6, 6.07) is 5.88. The number of nitrogens with one attached hydrogen (secondary N) is 1. The van der Waals surface area contributed by atoms with Crippen molar-refractivity contribution in [2.45, 2.75) is 32.2 Å². The molecule has 3 rings (SSSR count). The fourth-order valence-corrected chi connectivity index (χ4v) is 3.34. The molecule has 24 heavy (non-hydrogen) atoms. The first kappa shape index (κ1) is 16.8. The summed E-state index contributed by atoms with van der Waals surface area (Å²) in [5.41, 5.74) is 1.64. The Bertz CT molecular complexity index is 680. The Kier molecular flexibility index (Phi) is 5.41. The standard InChI is InChI=1S/C18H23ClN4O/c1-14(23-11-8-20-13-23)6-7-21-18(24)15-4-5-17(16(19)12-15)22-9-2-3-10-22/h4-5,8,11-14H,2-3,6-7,9-10H2,1H3,(H,21,24)/t14-/m1/s1. The summed E-state index contributed by atoms with van der Waals surface area (Å²) in [6.45, 7) is 4.80. The number of imidazole rings is 1. The normalized spacial score (nSPS) is 15.5. The van der Waals surface area contributed by atoms with Crippen LogP contribution >= 0.6 is 11.6 Å². The molecule has 5 nitrogen and oxygen atoms in total. The second-order valence-electron chi connectivity index (χ2n) is 6.26. The van der Waals surface area contributed by atoms with E-state index < -0.39 is 0 Å². The summed E-state index contributed by atoms with van der Waals surface area (Å²) in [6.07, 6.45) is 8.74. The van der Waals surface area contributed by atoms with Gasteiger partial charge < -0.3 is 14.8 Å². The molecule has 1 aliphatic heterocycles. The molecule has 1 atom stereocenters. The van der Waals surface area contributed by atoms with Crippen LogP contribution in [-0.2, 0) is 0 Å². The van der Waals surface area contributed by atoms with Gasteiger partial charge in [0.2, 0.25) is 0 Å². The molecule has 0 radical (unpaired) electrons. The maximum Gasteiger partial charge on any atom is 0.251 e. The van der Waals surface area contributed by atoms with Crippen LogP contribution in [0.3, 0.4) is 0 Å². The topological polar surface area (TPSA) is 50.2 Å². The summed E-state index contributed by atoms with van der Waals surface area (Å²) in [7, 11) is 0. The second kappa shape index (κ2) is 7.71.